The molecule has 7 nitrogen and oxygen atoms in total. The third-order valence-electron chi connectivity index (χ3n) is 2.44. The summed E-state index contributed by atoms with van der Waals surface area (Å²) >= 11 is 1.26. The molecule has 0 atom stereocenters. The Morgan fingerprint density at radius 2 is 2.15 bits per heavy atom. The zero-order chi connectivity index (χ0) is 14.4. The first-order valence-electron chi connectivity index (χ1n) is 6.18. The molecule has 1 heterocycles. The van der Waals surface area contributed by atoms with Gasteiger partial charge >= 0.3 is 0 Å². The number of thioether (sulfide) groups is 1. The van der Waals surface area contributed by atoms with E-state index in [-0.39, 0.29) is 17.4 Å². The van der Waals surface area contributed by atoms with E-state index in [1.54, 1.807) is 24.3 Å². The predicted octanol–water partition coefficient (Wildman–Crippen LogP) is 0.986. The lowest BCUT2D eigenvalue weighted by Gasteiger charge is -2.05. The van der Waals surface area contributed by atoms with Gasteiger partial charge in [0, 0.05) is 6.54 Å². The Balaban J connectivity index is 2.02. The summed E-state index contributed by atoms with van der Waals surface area (Å²) in [6.07, 6.45) is 0.904. The lowest BCUT2D eigenvalue weighted by atomic mass is 10.3. The summed E-state index contributed by atoms with van der Waals surface area (Å²) < 4.78 is 1.53. The van der Waals surface area contributed by atoms with Crippen LogP contribution < -0.4 is 5.32 Å². The van der Waals surface area contributed by atoms with Crippen LogP contribution in [0.25, 0.3) is 5.69 Å². The van der Waals surface area contributed by atoms with Crippen LogP contribution in [-0.2, 0) is 4.79 Å². The van der Waals surface area contributed by atoms with Crippen LogP contribution in [0, 0.1) is 0 Å². The van der Waals surface area contributed by atoms with Gasteiger partial charge in [0.25, 0.3) is 0 Å². The molecule has 0 spiro atoms. The van der Waals surface area contributed by atoms with Gasteiger partial charge in [-0.05, 0) is 41.1 Å². The van der Waals surface area contributed by atoms with Crippen molar-refractivity contribution in [3.63, 3.8) is 0 Å². The number of carbonyl (C=O) groups excluding carboxylic acids is 1. The van der Waals surface area contributed by atoms with Crippen molar-refractivity contribution in [3.8, 4) is 11.4 Å². The highest BCUT2D eigenvalue weighted by Gasteiger charge is 2.11. The minimum Gasteiger partial charge on any atom is -0.508 e. The van der Waals surface area contributed by atoms with Gasteiger partial charge in [-0.25, -0.2) is 0 Å². The smallest absolute Gasteiger partial charge is 0.230 e. The monoisotopic (exact) mass is 293 g/mol. The van der Waals surface area contributed by atoms with Gasteiger partial charge in [-0.1, -0.05) is 18.7 Å². The van der Waals surface area contributed by atoms with Crippen molar-refractivity contribution in [2.45, 2.75) is 18.5 Å². The van der Waals surface area contributed by atoms with E-state index in [1.165, 1.54) is 16.4 Å². The summed E-state index contributed by atoms with van der Waals surface area (Å²) in [6.45, 7) is 2.67. The fourth-order valence-electron chi connectivity index (χ4n) is 1.47. The number of nitrogens with zero attached hydrogens (tertiary/aromatic N) is 4. The molecular formula is C12H15N5O2S. The van der Waals surface area contributed by atoms with Crippen LogP contribution >= 0.6 is 11.8 Å². The zero-order valence-corrected chi connectivity index (χ0v) is 11.8. The maximum Gasteiger partial charge on any atom is 0.230 e. The average Bonchev–Trinajstić information content (AvgIpc) is 2.92. The molecule has 0 aliphatic rings. The molecule has 8 heteroatoms. The molecule has 1 amide bonds. The van der Waals surface area contributed by atoms with E-state index in [4.69, 9.17) is 0 Å². The number of amides is 1. The highest BCUT2D eigenvalue weighted by atomic mass is 32.2. The van der Waals surface area contributed by atoms with Crippen molar-refractivity contribution >= 4 is 17.7 Å². The molecule has 2 N–H and O–H groups in total. The Morgan fingerprint density at radius 1 is 1.40 bits per heavy atom. The Hall–Kier alpha value is -2.09. The van der Waals surface area contributed by atoms with Crippen molar-refractivity contribution in [2.75, 3.05) is 12.3 Å². The first-order chi connectivity index (χ1) is 9.70. The first kappa shape index (κ1) is 14.3. The van der Waals surface area contributed by atoms with Crippen LogP contribution in [0.1, 0.15) is 13.3 Å². The molecule has 2 rings (SSSR count). The summed E-state index contributed by atoms with van der Waals surface area (Å²) in [5.74, 6) is 0.394. The van der Waals surface area contributed by atoms with Crippen LogP contribution in [0.15, 0.2) is 29.4 Å². The van der Waals surface area contributed by atoms with E-state index in [9.17, 15) is 9.90 Å². The quantitative estimate of drug-likeness (QED) is 0.771. The van der Waals surface area contributed by atoms with Crippen LogP contribution in [0.4, 0.5) is 0 Å². The zero-order valence-electron chi connectivity index (χ0n) is 11.0. The van der Waals surface area contributed by atoms with E-state index in [1.807, 2.05) is 6.92 Å². The molecule has 2 aromatic rings. The molecule has 1 aromatic carbocycles. The van der Waals surface area contributed by atoms with Gasteiger partial charge in [0.05, 0.1) is 11.4 Å². The summed E-state index contributed by atoms with van der Waals surface area (Å²) in [7, 11) is 0. The van der Waals surface area contributed by atoms with Gasteiger partial charge in [0.2, 0.25) is 11.1 Å². The SMILES string of the molecule is CCCNC(=O)CSc1nnnn1-c1ccc(O)cc1. The van der Waals surface area contributed by atoms with Crippen LogP contribution in [0.3, 0.4) is 0 Å². The largest absolute Gasteiger partial charge is 0.508 e. The maximum absolute atomic E-state index is 11.5. The van der Waals surface area contributed by atoms with Crippen LogP contribution in [-0.4, -0.2) is 43.5 Å². The summed E-state index contributed by atoms with van der Waals surface area (Å²) in [5.41, 5.74) is 0.726. The van der Waals surface area contributed by atoms with E-state index in [2.05, 4.69) is 20.8 Å². The standard InChI is InChI=1S/C12H15N5O2S/c1-2-7-13-11(19)8-20-12-14-15-16-17(12)9-3-5-10(18)6-4-9/h3-6,18H,2,7-8H2,1H3,(H,13,19). The third kappa shape index (κ3) is 3.70. The van der Waals surface area contributed by atoms with Crippen molar-refractivity contribution < 1.29 is 9.90 Å². The van der Waals surface area contributed by atoms with E-state index in [0.717, 1.165) is 12.1 Å². The van der Waals surface area contributed by atoms with Crippen molar-refractivity contribution in [1.29, 1.82) is 0 Å². The lowest BCUT2D eigenvalue weighted by molar-refractivity contribution is -0.118. The van der Waals surface area contributed by atoms with Gasteiger partial charge in [-0.2, -0.15) is 4.68 Å². The molecule has 0 aliphatic carbocycles. The third-order valence-corrected chi connectivity index (χ3v) is 3.36. The van der Waals surface area contributed by atoms with Crippen LogP contribution in [0.2, 0.25) is 0 Å². The van der Waals surface area contributed by atoms with Crippen molar-refractivity contribution in [2.24, 2.45) is 0 Å². The lowest BCUT2D eigenvalue weighted by Crippen LogP contribution is -2.25. The number of hydrogen-bond acceptors (Lipinski definition) is 6. The number of phenolic OH excluding ortho intramolecular Hbond substituents is 1. The Kier molecular flexibility index (Phi) is 4.94. The first-order valence-corrected chi connectivity index (χ1v) is 7.16. The Morgan fingerprint density at radius 3 is 2.85 bits per heavy atom. The molecule has 0 radical (unpaired) electrons. The molecule has 0 bridgehead atoms. The summed E-state index contributed by atoms with van der Waals surface area (Å²) in [4.78, 5) is 11.5. The van der Waals surface area contributed by atoms with Crippen molar-refractivity contribution in [3.05, 3.63) is 24.3 Å². The maximum atomic E-state index is 11.5. The number of benzene rings is 1. The minimum absolute atomic E-state index is 0.0443. The average molecular weight is 293 g/mol. The molecule has 0 saturated heterocycles. The minimum atomic E-state index is -0.0443. The van der Waals surface area contributed by atoms with Gasteiger partial charge in [0.1, 0.15) is 5.75 Å². The second-order valence-electron chi connectivity index (χ2n) is 4.03. The topological polar surface area (TPSA) is 92.9 Å². The summed E-state index contributed by atoms with van der Waals surface area (Å²) in [6, 6.07) is 6.51. The predicted molar refractivity (Wildman–Crippen MR) is 74.8 cm³/mol. The van der Waals surface area contributed by atoms with E-state index in [0.29, 0.717) is 11.7 Å². The van der Waals surface area contributed by atoms with Gasteiger partial charge in [-0.3, -0.25) is 4.79 Å². The number of aromatic hydroxyl groups is 1. The fraction of sp³-hybridized carbons (Fsp3) is 0.333. The fourth-order valence-corrected chi connectivity index (χ4v) is 2.19. The molecule has 106 valence electrons. The number of aromatic nitrogens is 4. The molecular weight excluding hydrogens is 278 g/mol. The Bertz CT molecular complexity index is 569. The molecule has 0 aliphatic heterocycles. The van der Waals surface area contributed by atoms with Gasteiger partial charge in [-0.15, -0.1) is 5.10 Å². The second-order valence-corrected chi connectivity index (χ2v) is 4.97. The molecule has 0 fully saturated rings. The normalized spacial score (nSPS) is 10.4. The number of tetrazole rings is 1. The molecule has 20 heavy (non-hydrogen) atoms. The highest BCUT2D eigenvalue weighted by molar-refractivity contribution is 7.99. The van der Waals surface area contributed by atoms with Gasteiger partial charge < -0.3 is 10.4 Å². The number of phenols is 1. The number of hydrogen-bond donors (Lipinski definition) is 2. The van der Waals surface area contributed by atoms with E-state index >= 15 is 0 Å². The number of carbonyl (C=O) groups is 1. The highest BCUT2D eigenvalue weighted by Crippen LogP contribution is 2.19. The van der Waals surface area contributed by atoms with Crippen molar-refractivity contribution in [1.82, 2.24) is 25.5 Å². The number of nitrogens with one attached hydrogen (secondary N) is 1. The van der Waals surface area contributed by atoms with E-state index < -0.39 is 0 Å². The van der Waals surface area contributed by atoms with Gasteiger partial charge in [0.15, 0.2) is 0 Å². The molecule has 1 aromatic heterocycles. The van der Waals surface area contributed by atoms with Crippen LogP contribution in [0.5, 0.6) is 5.75 Å². The number of rotatable bonds is 6. The molecule has 0 saturated carbocycles. The summed E-state index contributed by atoms with van der Waals surface area (Å²) in [5, 5.41) is 24.0. The molecule has 0 unspecified atom stereocenters. The Labute approximate surface area is 120 Å². The second kappa shape index (κ2) is 6.90.